The zero-order chi connectivity index (χ0) is 20.1. The maximum atomic E-state index is 12.7. The van der Waals surface area contributed by atoms with Crippen molar-refractivity contribution in [1.29, 1.82) is 0 Å². The molecule has 1 aliphatic carbocycles. The van der Waals surface area contributed by atoms with Gasteiger partial charge in [0.1, 0.15) is 5.41 Å². The highest BCUT2D eigenvalue weighted by molar-refractivity contribution is 6.13. The fourth-order valence-corrected chi connectivity index (χ4v) is 3.33. The molecule has 5 heteroatoms. The monoisotopic (exact) mass is 379 g/mol. The summed E-state index contributed by atoms with van der Waals surface area (Å²) in [5.41, 5.74) is 3.13. The Bertz CT molecular complexity index is 820. The van der Waals surface area contributed by atoms with Gasteiger partial charge in [-0.05, 0) is 63.4 Å². The van der Waals surface area contributed by atoms with Crippen LogP contribution in [0.2, 0.25) is 0 Å². The Hall–Kier alpha value is -2.82. The van der Waals surface area contributed by atoms with E-state index in [2.05, 4.69) is 29.4 Å². The van der Waals surface area contributed by atoms with Gasteiger partial charge in [-0.3, -0.25) is 9.59 Å². The zero-order valence-electron chi connectivity index (χ0n) is 16.9. The van der Waals surface area contributed by atoms with E-state index in [4.69, 9.17) is 0 Å². The van der Waals surface area contributed by atoms with Crippen molar-refractivity contribution in [1.82, 2.24) is 5.32 Å². The summed E-state index contributed by atoms with van der Waals surface area (Å²) in [7, 11) is 0. The quantitative estimate of drug-likeness (QED) is 0.685. The van der Waals surface area contributed by atoms with Gasteiger partial charge in [-0.25, -0.2) is 0 Å². The number of aryl methyl sites for hydroxylation is 1. The zero-order valence-corrected chi connectivity index (χ0v) is 16.9. The molecule has 0 unspecified atom stereocenters. The van der Waals surface area contributed by atoms with E-state index in [0.29, 0.717) is 19.4 Å². The van der Waals surface area contributed by atoms with Crippen LogP contribution in [-0.2, 0) is 16.1 Å². The van der Waals surface area contributed by atoms with Gasteiger partial charge in [0.2, 0.25) is 11.8 Å². The molecule has 0 saturated heterocycles. The molecule has 148 valence electrons. The van der Waals surface area contributed by atoms with E-state index in [1.807, 2.05) is 55.5 Å². The van der Waals surface area contributed by atoms with E-state index in [1.165, 1.54) is 5.56 Å². The Morgan fingerprint density at radius 1 is 0.929 bits per heavy atom. The van der Waals surface area contributed by atoms with Crippen LogP contribution in [0, 0.1) is 12.3 Å². The van der Waals surface area contributed by atoms with Crippen LogP contribution in [0.3, 0.4) is 0 Å². The molecule has 1 aliphatic rings. The number of rotatable bonds is 8. The van der Waals surface area contributed by atoms with Crippen LogP contribution in [0.5, 0.6) is 0 Å². The predicted molar refractivity (Wildman–Crippen MR) is 113 cm³/mol. The van der Waals surface area contributed by atoms with Crippen molar-refractivity contribution in [2.75, 3.05) is 23.3 Å². The molecule has 2 aromatic rings. The van der Waals surface area contributed by atoms with E-state index in [1.54, 1.807) is 0 Å². The standard InChI is InChI=1S/C23H29N3O2/c1-4-26(5-2)20-12-10-19(11-13-20)25-22(28)23(14-15-23)21(27)24-16-18-8-6-17(3)7-9-18/h6-13H,4-5,14-16H2,1-3H3,(H,24,27)(H,25,28). The maximum absolute atomic E-state index is 12.7. The van der Waals surface area contributed by atoms with Crippen molar-refractivity contribution in [3.05, 3.63) is 59.7 Å². The topological polar surface area (TPSA) is 61.4 Å². The smallest absolute Gasteiger partial charge is 0.240 e. The van der Waals surface area contributed by atoms with Crippen LogP contribution < -0.4 is 15.5 Å². The average Bonchev–Trinajstić information content (AvgIpc) is 3.52. The highest BCUT2D eigenvalue weighted by Crippen LogP contribution is 2.47. The lowest BCUT2D eigenvalue weighted by molar-refractivity contribution is -0.134. The van der Waals surface area contributed by atoms with E-state index in [0.717, 1.165) is 30.0 Å². The number of nitrogens with zero attached hydrogens (tertiary/aromatic N) is 1. The molecule has 3 rings (SSSR count). The highest BCUT2D eigenvalue weighted by atomic mass is 16.2. The number of amides is 2. The molecule has 0 aliphatic heterocycles. The Morgan fingerprint density at radius 2 is 1.54 bits per heavy atom. The molecular formula is C23H29N3O2. The van der Waals surface area contributed by atoms with Gasteiger partial charge >= 0.3 is 0 Å². The van der Waals surface area contributed by atoms with E-state index >= 15 is 0 Å². The molecule has 5 nitrogen and oxygen atoms in total. The number of carbonyl (C=O) groups excluding carboxylic acids is 2. The minimum absolute atomic E-state index is 0.190. The lowest BCUT2D eigenvalue weighted by atomic mass is 10.0. The summed E-state index contributed by atoms with van der Waals surface area (Å²) < 4.78 is 0. The second kappa shape index (κ2) is 8.46. The Balaban J connectivity index is 1.58. The molecule has 1 saturated carbocycles. The van der Waals surface area contributed by atoms with Crippen LogP contribution in [0.15, 0.2) is 48.5 Å². The Labute approximate surface area is 167 Å². The number of benzene rings is 2. The number of carbonyl (C=O) groups is 2. The molecule has 0 heterocycles. The number of nitrogens with one attached hydrogen (secondary N) is 2. The molecule has 0 aromatic heterocycles. The summed E-state index contributed by atoms with van der Waals surface area (Å²) >= 11 is 0. The van der Waals surface area contributed by atoms with Crippen LogP contribution in [0.1, 0.15) is 37.8 Å². The van der Waals surface area contributed by atoms with Gasteiger partial charge in [0.05, 0.1) is 0 Å². The van der Waals surface area contributed by atoms with Crippen LogP contribution in [0.4, 0.5) is 11.4 Å². The van der Waals surface area contributed by atoms with E-state index < -0.39 is 5.41 Å². The molecular weight excluding hydrogens is 350 g/mol. The fraction of sp³-hybridized carbons (Fsp3) is 0.391. The normalized spacial score (nSPS) is 14.2. The second-order valence-electron chi connectivity index (χ2n) is 7.42. The fourth-order valence-electron chi connectivity index (χ4n) is 3.33. The largest absolute Gasteiger partial charge is 0.372 e. The Morgan fingerprint density at radius 3 is 2.07 bits per heavy atom. The lowest BCUT2D eigenvalue weighted by Crippen LogP contribution is -2.39. The lowest BCUT2D eigenvalue weighted by Gasteiger charge is -2.21. The van der Waals surface area contributed by atoms with Crippen molar-refractivity contribution >= 4 is 23.2 Å². The molecule has 1 fully saturated rings. The molecule has 2 amide bonds. The van der Waals surface area contributed by atoms with Crippen molar-refractivity contribution in [2.45, 2.75) is 40.2 Å². The second-order valence-corrected chi connectivity index (χ2v) is 7.42. The molecule has 2 aromatic carbocycles. The number of hydrogen-bond donors (Lipinski definition) is 2. The number of hydrogen-bond acceptors (Lipinski definition) is 3. The third-order valence-electron chi connectivity index (χ3n) is 5.45. The van der Waals surface area contributed by atoms with Gasteiger partial charge in [0, 0.05) is 31.0 Å². The minimum Gasteiger partial charge on any atom is -0.372 e. The van der Waals surface area contributed by atoms with Gasteiger partial charge in [0.25, 0.3) is 0 Å². The molecule has 0 bridgehead atoms. The minimum atomic E-state index is -0.928. The Kier molecular flexibility index (Phi) is 6.02. The summed E-state index contributed by atoms with van der Waals surface area (Å²) in [4.78, 5) is 27.6. The highest BCUT2D eigenvalue weighted by Gasteiger charge is 2.56. The first kappa shape index (κ1) is 19.9. The molecule has 0 radical (unpaired) electrons. The van der Waals surface area contributed by atoms with Crippen LogP contribution in [0.25, 0.3) is 0 Å². The summed E-state index contributed by atoms with van der Waals surface area (Å²) in [6.45, 7) is 8.57. The summed E-state index contributed by atoms with van der Waals surface area (Å²) in [5.74, 6) is -0.408. The first-order valence-corrected chi connectivity index (χ1v) is 9.99. The third-order valence-corrected chi connectivity index (χ3v) is 5.45. The van der Waals surface area contributed by atoms with Crippen molar-refractivity contribution in [2.24, 2.45) is 5.41 Å². The average molecular weight is 380 g/mol. The molecule has 0 spiro atoms. The van der Waals surface area contributed by atoms with Gasteiger partial charge in [0.15, 0.2) is 0 Å². The first-order chi connectivity index (χ1) is 13.5. The molecule has 0 atom stereocenters. The molecule has 28 heavy (non-hydrogen) atoms. The first-order valence-electron chi connectivity index (χ1n) is 9.99. The third kappa shape index (κ3) is 4.35. The van der Waals surface area contributed by atoms with E-state index in [9.17, 15) is 9.59 Å². The molecule has 2 N–H and O–H groups in total. The van der Waals surface area contributed by atoms with Crippen molar-refractivity contribution in [3.63, 3.8) is 0 Å². The van der Waals surface area contributed by atoms with E-state index in [-0.39, 0.29) is 11.8 Å². The SMILES string of the molecule is CCN(CC)c1ccc(NC(=O)C2(C(=O)NCc3ccc(C)cc3)CC2)cc1. The number of anilines is 2. The van der Waals surface area contributed by atoms with Gasteiger partial charge < -0.3 is 15.5 Å². The van der Waals surface area contributed by atoms with Gasteiger partial charge in [-0.2, -0.15) is 0 Å². The summed E-state index contributed by atoms with van der Waals surface area (Å²) in [6, 6.07) is 15.8. The van der Waals surface area contributed by atoms with Crippen LogP contribution >= 0.6 is 0 Å². The van der Waals surface area contributed by atoms with Crippen molar-refractivity contribution in [3.8, 4) is 0 Å². The van der Waals surface area contributed by atoms with Gasteiger partial charge in [-0.1, -0.05) is 29.8 Å². The van der Waals surface area contributed by atoms with Crippen molar-refractivity contribution < 1.29 is 9.59 Å². The maximum Gasteiger partial charge on any atom is 0.240 e. The van der Waals surface area contributed by atoms with Gasteiger partial charge in [-0.15, -0.1) is 0 Å². The summed E-state index contributed by atoms with van der Waals surface area (Å²) in [6.07, 6.45) is 1.19. The predicted octanol–water partition coefficient (Wildman–Crippen LogP) is 3.88. The summed E-state index contributed by atoms with van der Waals surface area (Å²) in [5, 5.41) is 5.84. The van der Waals surface area contributed by atoms with Crippen LogP contribution in [-0.4, -0.2) is 24.9 Å².